The molecule has 0 aromatic carbocycles. The number of hydrogen-bond acceptors (Lipinski definition) is 2. The summed E-state index contributed by atoms with van der Waals surface area (Å²) >= 11 is 0. The third kappa shape index (κ3) is 0.776. The van der Waals surface area contributed by atoms with Crippen molar-refractivity contribution in [2.24, 2.45) is 4.99 Å². The molecule has 0 amide bonds. The van der Waals surface area contributed by atoms with Crippen molar-refractivity contribution in [1.29, 1.82) is 0 Å². The lowest BCUT2D eigenvalue weighted by atomic mass is 10.6. The number of carboxylic acids is 1. The number of hydrogen-bond donors (Lipinski definition) is 1. The number of aliphatic imine (C=N–C) groups is 1. The zero-order valence-corrected chi connectivity index (χ0v) is 4.16. The molecule has 1 rings (SSSR count). The van der Waals surface area contributed by atoms with Crippen molar-refractivity contribution in [2.45, 2.75) is 0 Å². The predicted molar refractivity (Wildman–Crippen MR) is 26.9 cm³/mol. The van der Waals surface area contributed by atoms with Crippen molar-refractivity contribution in [3.05, 3.63) is 0 Å². The van der Waals surface area contributed by atoms with Gasteiger partial charge in [0.15, 0.2) is 0 Å². The van der Waals surface area contributed by atoms with E-state index in [0.29, 0.717) is 13.1 Å². The molecular formula is C4H5N2O2. The van der Waals surface area contributed by atoms with Crippen molar-refractivity contribution in [2.75, 3.05) is 13.1 Å². The van der Waals surface area contributed by atoms with E-state index in [1.54, 1.807) is 0 Å². The van der Waals surface area contributed by atoms with Gasteiger partial charge in [-0.1, -0.05) is 0 Å². The first-order valence-electron chi connectivity index (χ1n) is 2.26. The summed E-state index contributed by atoms with van der Waals surface area (Å²) in [5.41, 5.74) is 0. The molecule has 1 radical (unpaired) electrons. The Balaban J connectivity index is 2.57. The minimum absolute atomic E-state index is 0.0370. The number of amidine groups is 1. The summed E-state index contributed by atoms with van der Waals surface area (Å²) in [5, 5.41) is 11.8. The maximum atomic E-state index is 9.98. The Morgan fingerprint density at radius 1 is 1.62 bits per heavy atom. The van der Waals surface area contributed by atoms with Crippen LogP contribution >= 0.6 is 0 Å². The van der Waals surface area contributed by atoms with E-state index in [1.807, 2.05) is 0 Å². The number of aliphatic carboxylic acids is 1. The van der Waals surface area contributed by atoms with E-state index in [9.17, 15) is 4.79 Å². The largest absolute Gasteiger partial charge is 0.475 e. The van der Waals surface area contributed by atoms with Crippen LogP contribution in [0.5, 0.6) is 0 Å². The Labute approximate surface area is 46.2 Å². The average Bonchev–Trinajstić information content (AvgIpc) is 2.12. The minimum Gasteiger partial charge on any atom is -0.475 e. The normalized spacial score (nSPS) is 17.2. The highest BCUT2D eigenvalue weighted by molar-refractivity contribution is 6.34. The summed E-state index contributed by atoms with van der Waals surface area (Å²) in [5.74, 6) is -1.06. The lowest BCUT2D eigenvalue weighted by molar-refractivity contribution is -0.129. The molecule has 0 bridgehead atoms. The van der Waals surface area contributed by atoms with Gasteiger partial charge in [-0.2, -0.15) is 0 Å². The standard InChI is InChI=1S/C4H5N2O2/c7-4(8)3-5-1-2-6-3/h1-2H2,(H,7,8). The summed E-state index contributed by atoms with van der Waals surface area (Å²) in [7, 11) is 0. The zero-order valence-electron chi connectivity index (χ0n) is 4.16. The van der Waals surface area contributed by atoms with Gasteiger partial charge in [-0.3, -0.25) is 10.3 Å². The van der Waals surface area contributed by atoms with Gasteiger partial charge in [-0.05, 0) is 0 Å². The first kappa shape index (κ1) is 5.08. The summed E-state index contributed by atoms with van der Waals surface area (Å²) in [6.07, 6.45) is 0. The topological polar surface area (TPSA) is 63.8 Å². The van der Waals surface area contributed by atoms with Crippen LogP contribution in [0.3, 0.4) is 0 Å². The number of carbonyl (C=O) groups is 1. The second-order valence-electron chi connectivity index (χ2n) is 1.39. The Hall–Kier alpha value is -1.06. The minimum atomic E-state index is -1.03. The molecule has 0 saturated carbocycles. The molecule has 1 aliphatic rings. The van der Waals surface area contributed by atoms with E-state index in [-0.39, 0.29) is 5.84 Å². The maximum absolute atomic E-state index is 9.98. The van der Waals surface area contributed by atoms with Crippen molar-refractivity contribution in [1.82, 2.24) is 5.32 Å². The van der Waals surface area contributed by atoms with Crippen LogP contribution in [0.4, 0.5) is 0 Å². The summed E-state index contributed by atoms with van der Waals surface area (Å²) in [6, 6.07) is 0. The Morgan fingerprint density at radius 3 is 2.62 bits per heavy atom. The third-order valence-electron chi connectivity index (χ3n) is 0.814. The SMILES string of the molecule is O=C(O)C1=NCC[N]1. The Kier molecular flexibility index (Phi) is 1.15. The highest BCUT2D eigenvalue weighted by atomic mass is 16.4. The van der Waals surface area contributed by atoms with Crippen LogP contribution in [0, 0.1) is 0 Å². The fraction of sp³-hybridized carbons (Fsp3) is 0.500. The van der Waals surface area contributed by atoms with Gasteiger partial charge in [0.05, 0.1) is 13.1 Å². The number of nitrogens with zero attached hydrogens (tertiary/aromatic N) is 2. The molecule has 0 unspecified atom stereocenters. The van der Waals surface area contributed by atoms with E-state index < -0.39 is 5.97 Å². The van der Waals surface area contributed by atoms with Crippen molar-refractivity contribution in [3.8, 4) is 0 Å². The monoisotopic (exact) mass is 113 g/mol. The zero-order chi connectivity index (χ0) is 5.98. The fourth-order valence-electron chi connectivity index (χ4n) is 0.497. The van der Waals surface area contributed by atoms with E-state index in [0.717, 1.165) is 0 Å². The fourth-order valence-corrected chi connectivity index (χ4v) is 0.497. The van der Waals surface area contributed by atoms with E-state index in [4.69, 9.17) is 5.11 Å². The van der Waals surface area contributed by atoms with Gasteiger partial charge < -0.3 is 5.11 Å². The van der Waals surface area contributed by atoms with Gasteiger partial charge in [0.1, 0.15) is 0 Å². The first-order valence-corrected chi connectivity index (χ1v) is 2.26. The first-order chi connectivity index (χ1) is 3.80. The molecule has 0 saturated heterocycles. The van der Waals surface area contributed by atoms with Gasteiger partial charge in [-0.25, -0.2) is 4.79 Å². The summed E-state index contributed by atoms with van der Waals surface area (Å²) < 4.78 is 0. The molecule has 8 heavy (non-hydrogen) atoms. The van der Waals surface area contributed by atoms with Crippen molar-refractivity contribution >= 4 is 11.8 Å². The highest BCUT2D eigenvalue weighted by Crippen LogP contribution is 1.85. The van der Waals surface area contributed by atoms with Crippen LogP contribution in [0.15, 0.2) is 4.99 Å². The van der Waals surface area contributed by atoms with Crippen LogP contribution in [0.2, 0.25) is 0 Å². The molecule has 0 aliphatic carbocycles. The molecule has 1 N–H and O–H groups in total. The third-order valence-corrected chi connectivity index (χ3v) is 0.814. The lowest BCUT2D eigenvalue weighted by Gasteiger charge is -1.85. The predicted octanol–water partition coefficient (Wildman–Crippen LogP) is -0.913. The molecular weight excluding hydrogens is 108 g/mol. The second-order valence-corrected chi connectivity index (χ2v) is 1.39. The summed E-state index contributed by atoms with van der Waals surface area (Å²) in [4.78, 5) is 13.6. The van der Waals surface area contributed by atoms with Gasteiger partial charge in [0, 0.05) is 0 Å². The number of rotatable bonds is 1. The quantitative estimate of drug-likeness (QED) is 0.478. The molecule has 0 aromatic rings. The highest BCUT2D eigenvalue weighted by Gasteiger charge is 2.13. The van der Waals surface area contributed by atoms with E-state index in [2.05, 4.69) is 10.3 Å². The maximum Gasteiger partial charge on any atom is 0.373 e. The van der Waals surface area contributed by atoms with Gasteiger partial charge in [0.25, 0.3) is 0 Å². The summed E-state index contributed by atoms with van der Waals surface area (Å²) in [6.45, 7) is 1.06. The van der Waals surface area contributed by atoms with Crippen molar-refractivity contribution in [3.63, 3.8) is 0 Å². The molecule has 0 atom stereocenters. The van der Waals surface area contributed by atoms with Crippen LogP contribution in [0.1, 0.15) is 0 Å². The van der Waals surface area contributed by atoms with E-state index in [1.165, 1.54) is 0 Å². The lowest BCUT2D eigenvalue weighted by Crippen LogP contribution is -2.20. The Bertz CT molecular complexity index is 141. The molecule has 43 valence electrons. The molecule has 4 heteroatoms. The van der Waals surface area contributed by atoms with Crippen LogP contribution in [-0.4, -0.2) is 30.0 Å². The van der Waals surface area contributed by atoms with Crippen molar-refractivity contribution < 1.29 is 9.90 Å². The van der Waals surface area contributed by atoms with Crippen LogP contribution < -0.4 is 5.32 Å². The van der Waals surface area contributed by atoms with E-state index >= 15 is 0 Å². The second kappa shape index (κ2) is 1.81. The van der Waals surface area contributed by atoms with Crippen LogP contribution in [-0.2, 0) is 4.79 Å². The smallest absolute Gasteiger partial charge is 0.373 e. The van der Waals surface area contributed by atoms with Gasteiger partial charge in [-0.15, -0.1) is 0 Å². The molecule has 0 spiro atoms. The number of carboxylic acid groups (broad SMARTS) is 1. The van der Waals surface area contributed by atoms with Gasteiger partial charge >= 0.3 is 5.97 Å². The molecule has 4 nitrogen and oxygen atoms in total. The average molecular weight is 113 g/mol. The van der Waals surface area contributed by atoms with Gasteiger partial charge in [0.2, 0.25) is 5.84 Å². The Morgan fingerprint density at radius 2 is 2.38 bits per heavy atom. The molecule has 1 heterocycles. The molecule has 0 fully saturated rings. The molecule has 0 aromatic heterocycles. The van der Waals surface area contributed by atoms with Crippen LogP contribution in [0.25, 0.3) is 0 Å². The molecule has 1 aliphatic heterocycles.